The van der Waals surface area contributed by atoms with Gasteiger partial charge in [0, 0.05) is 6.07 Å². The normalized spacial score (nSPS) is 13.1. The largest absolute Gasteiger partial charge is 0.497 e. The molecule has 20 heavy (non-hydrogen) atoms. The lowest BCUT2D eigenvalue weighted by Crippen LogP contribution is -2.27. The number of sulfonamides is 1. The molecule has 0 aliphatic heterocycles. The fraction of sp³-hybridized carbons (Fsp3) is 0.231. The number of rotatable bonds is 5. The van der Waals surface area contributed by atoms with Gasteiger partial charge in [-0.05, 0) is 31.2 Å². The topological polar surface area (TPSA) is 94.6 Å². The summed E-state index contributed by atoms with van der Waals surface area (Å²) in [4.78, 5) is 0.0108. The Morgan fingerprint density at radius 3 is 2.65 bits per heavy atom. The van der Waals surface area contributed by atoms with Crippen molar-refractivity contribution in [2.45, 2.75) is 17.9 Å². The summed E-state index contributed by atoms with van der Waals surface area (Å²) in [6.07, 6.45) is 1.49. The molecule has 1 heterocycles. The quantitative estimate of drug-likeness (QED) is 0.822. The van der Waals surface area contributed by atoms with Gasteiger partial charge in [-0.15, -0.1) is 0 Å². The highest BCUT2D eigenvalue weighted by Gasteiger charge is 2.22. The number of methoxy groups -OCH3 is 1. The zero-order valence-corrected chi connectivity index (χ0v) is 12.0. The van der Waals surface area contributed by atoms with E-state index in [1.54, 1.807) is 25.1 Å². The first kappa shape index (κ1) is 14.4. The highest BCUT2D eigenvalue weighted by molar-refractivity contribution is 7.89. The molecule has 0 bridgehead atoms. The van der Waals surface area contributed by atoms with Crippen molar-refractivity contribution in [2.24, 2.45) is 0 Å². The van der Waals surface area contributed by atoms with E-state index in [-0.39, 0.29) is 10.6 Å². The molecule has 1 aromatic heterocycles. The Kier molecular flexibility index (Phi) is 4.01. The lowest BCUT2D eigenvalue weighted by Gasteiger charge is -2.14. The van der Waals surface area contributed by atoms with Crippen LogP contribution in [0.15, 0.2) is 45.9 Å². The van der Waals surface area contributed by atoms with E-state index in [4.69, 9.17) is 14.9 Å². The second kappa shape index (κ2) is 5.56. The van der Waals surface area contributed by atoms with Crippen LogP contribution in [0.4, 0.5) is 5.69 Å². The molecule has 3 N–H and O–H groups in total. The van der Waals surface area contributed by atoms with Crippen LogP contribution in [0.5, 0.6) is 5.75 Å². The Bertz CT molecular complexity index is 680. The molecule has 0 fully saturated rings. The summed E-state index contributed by atoms with van der Waals surface area (Å²) in [6.45, 7) is 1.69. The molecule has 0 aliphatic rings. The number of benzene rings is 1. The van der Waals surface area contributed by atoms with Crippen LogP contribution in [-0.2, 0) is 10.0 Å². The van der Waals surface area contributed by atoms with Gasteiger partial charge < -0.3 is 14.9 Å². The predicted molar refractivity (Wildman–Crippen MR) is 74.9 cm³/mol. The van der Waals surface area contributed by atoms with E-state index in [0.717, 1.165) is 0 Å². The van der Waals surface area contributed by atoms with E-state index in [1.807, 2.05) is 0 Å². The van der Waals surface area contributed by atoms with Gasteiger partial charge in [0.05, 0.1) is 25.1 Å². The second-order valence-corrected chi connectivity index (χ2v) is 5.94. The van der Waals surface area contributed by atoms with Crippen molar-refractivity contribution in [1.82, 2.24) is 4.72 Å². The molecule has 1 atom stereocenters. The van der Waals surface area contributed by atoms with E-state index in [1.165, 1.54) is 25.5 Å². The van der Waals surface area contributed by atoms with E-state index >= 15 is 0 Å². The minimum absolute atomic E-state index is 0.0108. The molecular weight excluding hydrogens is 280 g/mol. The summed E-state index contributed by atoms with van der Waals surface area (Å²) in [5.41, 5.74) is 5.88. The van der Waals surface area contributed by atoms with Gasteiger partial charge in [-0.2, -0.15) is 0 Å². The fourth-order valence-corrected chi connectivity index (χ4v) is 3.12. The molecule has 6 nitrogen and oxygen atoms in total. The number of hydrogen-bond donors (Lipinski definition) is 2. The zero-order valence-electron chi connectivity index (χ0n) is 11.2. The lowest BCUT2D eigenvalue weighted by atomic mass is 10.3. The molecule has 0 spiro atoms. The number of nitrogen functional groups attached to an aromatic ring is 1. The number of nitrogens with one attached hydrogen (secondary N) is 1. The third kappa shape index (κ3) is 2.94. The van der Waals surface area contributed by atoms with Crippen LogP contribution < -0.4 is 15.2 Å². The first-order valence-corrected chi connectivity index (χ1v) is 7.41. The van der Waals surface area contributed by atoms with Crippen molar-refractivity contribution < 1.29 is 17.6 Å². The summed E-state index contributed by atoms with van der Waals surface area (Å²) >= 11 is 0. The minimum Gasteiger partial charge on any atom is -0.497 e. The van der Waals surface area contributed by atoms with Crippen LogP contribution >= 0.6 is 0 Å². The Balaban J connectivity index is 2.27. The predicted octanol–water partition coefficient (Wildman–Crippen LogP) is 1.91. The molecule has 2 aromatic rings. The molecule has 1 unspecified atom stereocenters. The van der Waals surface area contributed by atoms with Crippen molar-refractivity contribution in [1.29, 1.82) is 0 Å². The number of furan rings is 1. The van der Waals surface area contributed by atoms with Crippen LogP contribution in [0.1, 0.15) is 18.7 Å². The van der Waals surface area contributed by atoms with Crippen LogP contribution in [0.3, 0.4) is 0 Å². The Labute approximate surface area is 117 Å². The highest BCUT2D eigenvalue weighted by atomic mass is 32.2. The van der Waals surface area contributed by atoms with Gasteiger partial charge in [0.2, 0.25) is 10.0 Å². The van der Waals surface area contributed by atoms with E-state index in [0.29, 0.717) is 11.5 Å². The second-order valence-electron chi connectivity index (χ2n) is 4.26. The fourth-order valence-electron chi connectivity index (χ4n) is 1.79. The monoisotopic (exact) mass is 296 g/mol. The number of hydrogen-bond acceptors (Lipinski definition) is 5. The Morgan fingerprint density at radius 1 is 1.35 bits per heavy atom. The molecule has 0 saturated heterocycles. The van der Waals surface area contributed by atoms with Crippen LogP contribution in [-0.4, -0.2) is 15.5 Å². The van der Waals surface area contributed by atoms with Crippen molar-refractivity contribution >= 4 is 15.7 Å². The maximum Gasteiger partial charge on any atom is 0.243 e. The van der Waals surface area contributed by atoms with Gasteiger partial charge in [-0.25, -0.2) is 13.1 Å². The molecular formula is C13H16N2O4S. The van der Waals surface area contributed by atoms with Gasteiger partial charge in [0.1, 0.15) is 16.4 Å². The van der Waals surface area contributed by atoms with Gasteiger partial charge in [-0.1, -0.05) is 0 Å². The van der Waals surface area contributed by atoms with Gasteiger partial charge >= 0.3 is 0 Å². The van der Waals surface area contributed by atoms with Crippen molar-refractivity contribution in [2.75, 3.05) is 12.8 Å². The summed E-state index contributed by atoms with van der Waals surface area (Å²) in [6, 6.07) is 7.32. The van der Waals surface area contributed by atoms with Crippen LogP contribution in [0, 0.1) is 0 Å². The van der Waals surface area contributed by atoms with E-state index in [9.17, 15) is 8.42 Å². The zero-order chi connectivity index (χ0) is 14.8. The summed E-state index contributed by atoms with van der Waals surface area (Å²) < 4.78 is 37.2. The Morgan fingerprint density at radius 2 is 2.10 bits per heavy atom. The van der Waals surface area contributed by atoms with E-state index in [2.05, 4.69) is 4.72 Å². The molecule has 108 valence electrons. The maximum absolute atomic E-state index is 12.3. The van der Waals surface area contributed by atoms with Gasteiger partial charge in [0.25, 0.3) is 0 Å². The van der Waals surface area contributed by atoms with Gasteiger partial charge in [-0.3, -0.25) is 0 Å². The Hall–Kier alpha value is -1.99. The third-order valence-corrected chi connectivity index (χ3v) is 4.42. The molecule has 2 rings (SSSR count). The maximum atomic E-state index is 12.3. The standard InChI is InChI=1S/C13H16N2O4S/c1-9(12-4-3-7-19-12)15-20(16,17)13-6-5-10(18-2)8-11(13)14/h3-9,15H,14H2,1-2H3. The van der Waals surface area contributed by atoms with Crippen LogP contribution in [0.25, 0.3) is 0 Å². The average Bonchev–Trinajstić information content (AvgIpc) is 2.91. The van der Waals surface area contributed by atoms with Crippen molar-refractivity contribution in [3.8, 4) is 5.75 Å². The molecule has 0 saturated carbocycles. The molecule has 0 amide bonds. The molecule has 0 aliphatic carbocycles. The molecule has 7 heteroatoms. The minimum atomic E-state index is -3.73. The summed E-state index contributed by atoms with van der Waals surface area (Å²) in [5, 5.41) is 0. The summed E-state index contributed by atoms with van der Waals surface area (Å²) in [7, 11) is -2.25. The van der Waals surface area contributed by atoms with Crippen molar-refractivity contribution in [3.05, 3.63) is 42.4 Å². The van der Waals surface area contributed by atoms with Crippen molar-refractivity contribution in [3.63, 3.8) is 0 Å². The van der Waals surface area contributed by atoms with Gasteiger partial charge in [0.15, 0.2) is 0 Å². The smallest absolute Gasteiger partial charge is 0.243 e. The SMILES string of the molecule is COc1ccc(S(=O)(=O)NC(C)c2ccco2)c(N)c1. The molecule has 0 radical (unpaired) electrons. The molecule has 1 aromatic carbocycles. The number of anilines is 1. The third-order valence-electron chi connectivity index (χ3n) is 2.81. The lowest BCUT2D eigenvalue weighted by molar-refractivity contribution is 0.414. The first-order chi connectivity index (χ1) is 9.44. The summed E-state index contributed by atoms with van der Waals surface area (Å²) in [5.74, 6) is 1.03. The number of ether oxygens (including phenoxy) is 1. The first-order valence-electron chi connectivity index (χ1n) is 5.93. The number of nitrogens with two attached hydrogens (primary N) is 1. The highest BCUT2D eigenvalue weighted by Crippen LogP contribution is 2.25. The van der Waals surface area contributed by atoms with E-state index < -0.39 is 16.1 Å². The van der Waals surface area contributed by atoms with Crippen LogP contribution in [0.2, 0.25) is 0 Å². The average molecular weight is 296 g/mol.